The van der Waals surface area contributed by atoms with Crippen LogP contribution >= 0.6 is 0 Å². The SMILES string of the molecule is O=C(NC1CCC(O)CC1NC(=O)OCc1ccccc1)OCc1ccccc1. The van der Waals surface area contributed by atoms with Gasteiger partial charge in [0.1, 0.15) is 13.2 Å². The van der Waals surface area contributed by atoms with Crippen LogP contribution < -0.4 is 10.6 Å². The smallest absolute Gasteiger partial charge is 0.407 e. The summed E-state index contributed by atoms with van der Waals surface area (Å²) in [5.41, 5.74) is 1.77. The van der Waals surface area contributed by atoms with E-state index in [4.69, 9.17) is 9.47 Å². The van der Waals surface area contributed by atoms with Crippen LogP contribution in [0.25, 0.3) is 0 Å². The van der Waals surface area contributed by atoms with Crippen molar-refractivity contribution in [2.24, 2.45) is 0 Å². The van der Waals surface area contributed by atoms with E-state index in [1.807, 2.05) is 60.7 Å². The van der Waals surface area contributed by atoms with Crippen molar-refractivity contribution in [2.45, 2.75) is 50.7 Å². The number of aliphatic hydroxyl groups excluding tert-OH is 1. The molecule has 0 heterocycles. The van der Waals surface area contributed by atoms with Crippen molar-refractivity contribution in [3.63, 3.8) is 0 Å². The summed E-state index contributed by atoms with van der Waals surface area (Å²) >= 11 is 0. The fourth-order valence-electron chi connectivity index (χ4n) is 3.31. The minimum Gasteiger partial charge on any atom is -0.445 e. The Morgan fingerprint density at radius 1 is 0.793 bits per heavy atom. The van der Waals surface area contributed by atoms with Crippen molar-refractivity contribution >= 4 is 12.2 Å². The summed E-state index contributed by atoms with van der Waals surface area (Å²) in [6, 6.07) is 18.0. The molecule has 29 heavy (non-hydrogen) atoms. The number of carbonyl (C=O) groups is 2. The first kappa shape index (κ1) is 20.7. The largest absolute Gasteiger partial charge is 0.445 e. The number of hydrogen-bond donors (Lipinski definition) is 3. The van der Waals surface area contributed by atoms with Crippen molar-refractivity contribution in [3.8, 4) is 0 Å². The van der Waals surface area contributed by atoms with Crippen molar-refractivity contribution in [1.29, 1.82) is 0 Å². The molecule has 3 unspecified atom stereocenters. The number of nitrogens with one attached hydrogen (secondary N) is 2. The van der Waals surface area contributed by atoms with Crippen LogP contribution in [-0.2, 0) is 22.7 Å². The van der Waals surface area contributed by atoms with Gasteiger partial charge in [-0.1, -0.05) is 60.7 Å². The molecule has 0 spiro atoms. The van der Waals surface area contributed by atoms with Gasteiger partial charge in [0.25, 0.3) is 0 Å². The fraction of sp³-hybridized carbons (Fsp3) is 0.364. The lowest BCUT2D eigenvalue weighted by Gasteiger charge is -2.34. The molecular formula is C22H26N2O5. The topological polar surface area (TPSA) is 96.9 Å². The zero-order chi connectivity index (χ0) is 20.5. The van der Waals surface area contributed by atoms with Gasteiger partial charge in [-0.05, 0) is 30.4 Å². The Morgan fingerprint density at radius 2 is 1.28 bits per heavy atom. The first-order valence-electron chi connectivity index (χ1n) is 9.72. The van der Waals surface area contributed by atoms with Gasteiger partial charge < -0.3 is 25.2 Å². The van der Waals surface area contributed by atoms with E-state index in [0.29, 0.717) is 19.3 Å². The van der Waals surface area contributed by atoms with Gasteiger partial charge in [0, 0.05) is 0 Å². The van der Waals surface area contributed by atoms with Gasteiger partial charge in [-0.2, -0.15) is 0 Å². The molecule has 2 aromatic rings. The number of aliphatic hydroxyl groups is 1. The van der Waals surface area contributed by atoms with Crippen molar-refractivity contribution in [2.75, 3.05) is 0 Å². The zero-order valence-corrected chi connectivity index (χ0v) is 16.1. The third-order valence-corrected chi connectivity index (χ3v) is 4.85. The summed E-state index contributed by atoms with van der Waals surface area (Å²) in [7, 11) is 0. The molecule has 1 fully saturated rings. The molecule has 7 heteroatoms. The maximum absolute atomic E-state index is 12.2. The van der Waals surface area contributed by atoms with Gasteiger partial charge in [-0.25, -0.2) is 9.59 Å². The molecule has 0 aliphatic heterocycles. The van der Waals surface area contributed by atoms with Crippen LogP contribution in [-0.4, -0.2) is 35.5 Å². The normalized spacial score (nSPS) is 21.1. The highest BCUT2D eigenvalue weighted by atomic mass is 16.6. The second kappa shape index (κ2) is 10.5. The van der Waals surface area contributed by atoms with Crippen LogP contribution in [0, 0.1) is 0 Å². The molecule has 3 N–H and O–H groups in total. The van der Waals surface area contributed by atoms with Crippen LogP contribution in [0.15, 0.2) is 60.7 Å². The summed E-state index contributed by atoms with van der Waals surface area (Å²) < 4.78 is 10.5. The Bertz CT molecular complexity index is 784. The van der Waals surface area contributed by atoms with E-state index in [1.165, 1.54) is 0 Å². The van der Waals surface area contributed by atoms with Gasteiger partial charge in [-0.3, -0.25) is 0 Å². The predicted molar refractivity (Wildman–Crippen MR) is 107 cm³/mol. The lowest BCUT2D eigenvalue weighted by atomic mass is 9.88. The minimum atomic E-state index is -0.586. The molecule has 154 valence electrons. The Labute approximate surface area is 170 Å². The van der Waals surface area contributed by atoms with E-state index in [9.17, 15) is 14.7 Å². The van der Waals surface area contributed by atoms with Gasteiger partial charge in [-0.15, -0.1) is 0 Å². The Kier molecular flexibility index (Phi) is 7.47. The molecule has 0 bridgehead atoms. The maximum atomic E-state index is 12.2. The number of hydrogen-bond acceptors (Lipinski definition) is 5. The van der Waals surface area contributed by atoms with E-state index < -0.39 is 24.3 Å². The summed E-state index contributed by atoms with van der Waals surface area (Å²) in [4.78, 5) is 24.3. The Hall–Kier alpha value is -3.06. The molecule has 2 aromatic carbocycles. The second-order valence-corrected chi connectivity index (χ2v) is 7.09. The highest BCUT2D eigenvalue weighted by molar-refractivity contribution is 5.69. The van der Waals surface area contributed by atoms with Crippen molar-refractivity contribution in [1.82, 2.24) is 10.6 Å². The monoisotopic (exact) mass is 398 g/mol. The zero-order valence-electron chi connectivity index (χ0n) is 16.1. The van der Waals surface area contributed by atoms with E-state index in [-0.39, 0.29) is 19.3 Å². The average molecular weight is 398 g/mol. The minimum absolute atomic E-state index is 0.152. The van der Waals surface area contributed by atoms with Gasteiger partial charge in [0.2, 0.25) is 0 Å². The predicted octanol–water partition coefficient (Wildman–Crippen LogP) is 3.12. The number of benzene rings is 2. The highest BCUT2D eigenvalue weighted by Crippen LogP contribution is 2.20. The lowest BCUT2D eigenvalue weighted by molar-refractivity contribution is 0.0789. The molecule has 3 atom stereocenters. The van der Waals surface area contributed by atoms with Gasteiger partial charge in [0.15, 0.2) is 0 Å². The van der Waals surface area contributed by atoms with Crippen LogP contribution in [0.4, 0.5) is 9.59 Å². The third kappa shape index (κ3) is 6.80. The van der Waals surface area contributed by atoms with E-state index >= 15 is 0 Å². The third-order valence-electron chi connectivity index (χ3n) is 4.85. The first-order valence-corrected chi connectivity index (χ1v) is 9.72. The van der Waals surface area contributed by atoms with Crippen LogP contribution in [0.5, 0.6) is 0 Å². The molecule has 2 amide bonds. The second-order valence-electron chi connectivity index (χ2n) is 7.09. The standard InChI is InChI=1S/C22H26N2O5/c25-18-11-12-19(23-21(26)28-14-16-7-3-1-4-8-16)20(13-18)24-22(27)29-15-17-9-5-2-6-10-17/h1-10,18-20,25H,11-15H2,(H,23,26)(H,24,27). The first-order chi connectivity index (χ1) is 14.1. The summed E-state index contributed by atoms with van der Waals surface area (Å²) in [6.45, 7) is 0.318. The summed E-state index contributed by atoms with van der Waals surface area (Å²) in [5.74, 6) is 0. The number of amides is 2. The Balaban J connectivity index is 1.48. The van der Waals surface area contributed by atoms with E-state index in [1.54, 1.807) is 0 Å². The molecule has 7 nitrogen and oxygen atoms in total. The van der Waals surface area contributed by atoms with Crippen LogP contribution in [0.1, 0.15) is 30.4 Å². The molecule has 1 saturated carbocycles. The van der Waals surface area contributed by atoms with E-state index in [0.717, 1.165) is 11.1 Å². The molecular weight excluding hydrogens is 372 g/mol. The van der Waals surface area contributed by atoms with Crippen LogP contribution in [0.2, 0.25) is 0 Å². The maximum Gasteiger partial charge on any atom is 0.407 e. The molecule has 1 aliphatic carbocycles. The number of rotatable bonds is 6. The van der Waals surface area contributed by atoms with Gasteiger partial charge >= 0.3 is 12.2 Å². The van der Waals surface area contributed by atoms with Crippen molar-refractivity contribution < 1.29 is 24.2 Å². The molecule has 3 rings (SSSR count). The fourth-order valence-corrected chi connectivity index (χ4v) is 3.31. The lowest BCUT2D eigenvalue weighted by Crippen LogP contribution is -2.55. The number of carbonyl (C=O) groups excluding carboxylic acids is 2. The highest BCUT2D eigenvalue weighted by Gasteiger charge is 2.32. The van der Waals surface area contributed by atoms with Crippen LogP contribution in [0.3, 0.4) is 0 Å². The molecule has 0 saturated heterocycles. The van der Waals surface area contributed by atoms with Gasteiger partial charge in [0.05, 0.1) is 18.2 Å². The Morgan fingerprint density at radius 3 is 1.79 bits per heavy atom. The molecule has 1 aliphatic rings. The molecule has 0 aromatic heterocycles. The van der Waals surface area contributed by atoms with E-state index in [2.05, 4.69) is 10.6 Å². The summed E-state index contributed by atoms with van der Waals surface area (Å²) in [6.07, 6.45) is -0.263. The number of ether oxygens (including phenoxy) is 2. The van der Waals surface area contributed by atoms with Crippen molar-refractivity contribution in [3.05, 3.63) is 71.8 Å². The molecule has 0 radical (unpaired) electrons. The average Bonchev–Trinajstić information content (AvgIpc) is 2.74. The summed E-state index contributed by atoms with van der Waals surface area (Å²) in [5, 5.41) is 15.5. The quantitative estimate of drug-likeness (QED) is 0.695. The number of alkyl carbamates (subject to hydrolysis) is 2.